The van der Waals surface area contributed by atoms with E-state index in [-0.39, 0.29) is 6.10 Å². The monoisotopic (exact) mass is 210 g/mol. The molecule has 2 heteroatoms. The molecular weight excluding hydrogens is 188 g/mol. The summed E-state index contributed by atoms with van der Waals surface area (Å²) in [6.45, 7) is 8.76. The first kappa shape index (κ1) is 13.5. The summed E-state index contributed by atoms with van der Waals surface area (Å²) in [6, 6.07) is 0. The van der Waals surface area contributed by atoms with Crippen molar-refractivity contribution in [2.24, 2.45) is 0 Å². The molecule has 0 saturated heterocycles. The molecule has 0 aliphatic carbocycles. The summed E-state index contributed by atoms with van der Waals surface area (Å²) in [5.74, 6) is 3.00. The molecule has 1 unspecified atom stereocenters. The van der Waals surface area contributed by atoms with Crippen molar-refractivity contribution in [3.63, 3.8) is 0 Å². The Kier molecular flexibility index (Phi) is 6.60. The average molecular weight is 210 g/mol. The lowest BCUT2D eigenvalue weighted by atomic mass is 10.1. The van der Waals surface area contributed by atoms with Crippen LogP contribution in [0.5, 0.6) is 0 Å². The third-order valence-corrected chi connectivity index (χ3v) is 2.60. The van der Waals surface area contributed by atoms with Gasteiger partial charge in [0, 0.05) is 0 Å². The first-order valence-electron chi connectivity index (χ1n) is 5.33. The van der Waals surface area contributed by atoms with Crippen molar-refractivity contribution >= 4 is 8.07 Å². The van der Waals surface area contributed by atoms with Crippen LogP contribution >= 0.6 is 0 Å². The van der Waals surface area contributed by atoms with Gasteiger partial charge in [-0.1, -0.05) is 45.3 Å². The lowest BCUT2D eigenvalue weighted by Crippen LogP contribution is -2.16. The minimum atomic E-state index is -1.25. The smallest absolute Gasteiger partial charge is 0.129 e. The molecule has 1 N–H and O–H groups in total. The fourth-order valence-electron chi connectivity index (χ4n) is 0.927. The maximum absolute atomic E-state index is 9.47. The lowest BCUT2D eigenvalue weighted by Gasteiger charge is -2.03. The van der Waals surface area contributed by atoms with Crippen LogP contribution in [0.4, 0.5) is 0 Å². The van der Waals surface area contributed by atoms with Gasteiger partial charge in [0.15, 0.2) is 0 Å². The van der Waals surface area contributed by atoms with E-state index in [0.29, 0.717) is 0 Å². The van der Waals surface area contributed by atoms with Gasteiger partial charge in [0.1, 0.15) is 8.07 Å². The summed E-state index contributed by atoms with van der Waals surface area (Å²) in [5.41, 5.74) is 3.22. The van der Waals surface area contributed by atoms with Crippen LogP contribution in [0.2, 0.25) is 19.6 Å². The largest absolute Gasteiger partial charge is 0.389 e. The quantitative estimate of drug-likeness (QED) is 0.559. The molecule has 0 saturated carbocycles. The second kappa shape index (κ2) is 6.86. The Labute approximate surface area is 89.2 Å². The van der Waals surface area contributed by atoms with Gasteiger partial charge >= 0.3 is 0 Å². The third kappa shape index (κ3) is 9.56. The highest BCUT2D eigenvalue weighted by Gasteiger charge is 2.06. The number of aliphatic hydroxyl groups is 1. The summed E-state index contributed by atoms with van der Waals surface area (Å²) < 4.78 is 0. The first-order valence-corrected chi connectivity index (χ1v) is 8.83. The topological polar surface area (TPSA) is 20.2 Å². The molecule has 14 heavy (non-hydrogen) atoms. The third-order valence-electron chi connectivity index (χ3n) is 1.70. The van der Waals surface area contributed by atoms with Gasteiger partial charge < -0.3 is 5.11 Å². The molecule has 0 heterocycles. The Hall–Kier alpha value is -0.523. The molecule has 0 aromatic rings. The van der Waals surface area contributed by atoms with Crippen molar-refractivity contribution in [2.45, 2.75) is 51.9 Å². The Morgan fingerprint density at radius 2 is 2.00 bits per heavy atom. The minimum absolute atomic E-state index is 0.314. The van der Waals surface area contributed by atoms with Crippen molar-refractivity contribution in [2.75, 3.05) is 0 Å². The highest BCUT2D eigenvalue weighted by molar-refractivity contribution is 6.83. The van der Waals surface area contributed by atoms with E-state index in [4.69, 9.17) is 0 Å². The van der Waals surface area contributed by atoms with Crippen molar-refractivity contribution in [1.29, 1.82) is 0 Å². The number of aliphatic hydroxyl groups excluding tert-OH is 1. The van der Waals surface area contributed by atoms with Crippen LogP contribution in [-0.4, -0.2) is 19.3 Å². The molecule has 1 atom stereocenters. The molecule has 0 aliphatic heterocycles. The van der Waals surface area contributed by atoms with E-state index in [0.717, 1.165) is 19.3 Å². The number of unbranched alkanes of at least 4 members (excludes halogenated alkanes) is 1. The molecule has 0 amide bonds. The fourth-order valence-corrected chi connectivity index (χ4v) is 1.44. The zero-order valence-corrected chi connectivity index (χ0v) is 10.8. The number of hydrogen-bond acceptors (Lipinski definition) is 1. The van der Waals surface area contributed by atoms with Gasteiger partial charge in [0.25, 0.3) is 0 Å². The van der Waals surface area contributed by atoms with Crippen LogP contribution in [-0.2, 0) is 0 Å². The van der Waals surface area contributed by atoms with E-state index < -0.39 is 8.07 Å². The van der Waals surface area contributed by atoms with Crippen LogP contribution in [0.1, 0.15) is 26.2 Å². The predicted molar refractivity (Wildman–Crippen MR) is 65.8 cm³/mol. The van der Waals surface area contributed by atoms with Crippen molar-refractivity contribution in [3.05, 3.63) is 12.2 Å². The number of allylic oxidation sites excluding steroid dienone is 1. The summed E-state index contributed by atoms with van der Waals surface area (Å²) in [5, 5.41) is 9.47. The standard InChI is InChI=1S/C12H22OSi/c1-5-6-9-12(13)10-7-8-11-14(2,3)4/h7,10,12-13H,5-6,9H2,1-4H3/b10-7-. The molecule has 0 aromatic carbocycles. The van der Waals surface area contributed by atoms with E-state index in [9.17, 15) is 5.11 Å². The maximum Gasteiger partial charge on any atom is 0.129 e. The molecule has 1 nitrogen and oxygen atoms in total. The van der Waals surface area contributed by atoms with E-state index in [1.54, 1.807) is 12.2 Å². The first-order chi connectivity index (χ1) is 6.45. The summed E-state index contributed by atoms with van der Waals surface area (Å²) in [4.78, 5) is 0. The second-order valence-electron chi connectivity index (χ2n) is 4.59. The Morgan fingerprint density at radius 1 is 1.36 bits per heavy atom. The van der Waals surface area contributed by atoms with Crippen LogP contribution < -0.4 is 0 Å². The van der Waals surface area contributed by atoms with E-state index in [1.807, 2.05) is 0 Å². The Bertz CT molecular complexity index is 227. The summed E-state index contributed by atoms with van der Waals surface area (Å²) in [6.07, 6.45) is 6.33. The van der Waals surface area contributed by atoms with Gasteiger partial charge in [0.05, 0.1) is 6.10 Å². The van der Waals surface area contributed by atoms with E-state index >= 15 is 0 Å². The van der Waals surface area contributed by atoms with Crippen LogP contribution in [0.3, 0.4) is 0 Å². The molecule has 0 aromatic heterocycles. The van der Waals surface area contributed by atoms with Crippen LogP contribution in [0.25, 0.3) is 0 Å². The Balaban J connectivity index is 3.86. The van der Waals surface area contributed by atoms with E-state index in [2.05, 4.69) is 38.0 Å². The van der Waals surface area contributed by atoms with Gasteiger partial charge in [-0.05, 0) is 18.6 Å². The zero-order chi connectivity index (χ0) is 11.0. The molecule has 0 rings (SSSR count). The van der Waals surface area contributed by atoms with Crippen LogP contribution in [0.15, 0.2) is 12.2 Å². The number of rotatable bonds is 4. The van der Waals surface area contributed by atoms with Gasteiger partial charge in [-0.25, -0.2) is 0 Å². The van der Waals surface area contributed by atoms with Gasteiger partial charge in [0.2, 0.25) is 0 Å². The minimum Gasteiger partial charge on any atom is -0.389 e. The number of hydrogen-bond donors (Lipinski definition) is 1. The van der Waals surface area contributed by atoms with Crippen LogP contribution in [0, 0.1) is 11.5 Å². The van der Waals surface area contributed by atoms with Crippen molar-refractivity contribution < 1.29 is 5.11 Å². The summed E-state index contributed by atoms with van der Waals surface area (Å²) in [7, 11) is -1.25. The molecule has 0 fully saturated rings. The van der Waals surface area contributed by atoms with E-state index in [1.165, 1.54) is 0 Å². The fraction of sp³-hybridized carbons (Fsp3) is 0.667. The summed E-state index contributed by atoms with van der Waals surface area (Å²) >= 11 is 0. The molecule has 0 aliphatic rings. The van der Waals surface area contributed by atoms with Gasteiger partial charge in [-0.2, -0.15) is 0 Å². The zero-order valence-electron chi connectivity index (χ0n) is 9.80. The average Bonchev–Trinajstić information content (AvgIpc) is 2.07. The Morgan fingerprint density at radius 3 is 2.50 bits per heavy atom. The molecule has 0 bridgehead atoms. The van der Waals surface area contributed by atoms with Crippen molar-refractivity contribution in [3.8, 4) is 11.5 Å². The normalized spacial score (nSPS) is 13.8. The SMILES string of the molecule is CCCCC(O)/C=C\C#C[Si](C)(C)C. The highest BCUT2D eigenvalue weighted by atomic mass is 28.3. The predicted octanol–water partition coefficient (Wildman–Crippen LogP) is 2.97. The van der Waals surface area contributed by atoms with Gasteiger partial charge in [-0.3, -0.25) is 0 Å². The molecule has 0 spiro atoms. The molecular formula is C12H22OSi. The van der Waals surface area contributed by atoms with Crippen molar-refractivity contribution in [1.82, 2.24) is 0 Å². The molecule has 80 valence electrons. The highest BCUT2D eigenvalue weighted by Crippen LogP contribution is 2.01. The van der Waals surface area contributed by atoms with Gasteiger partial charge in [-0.15, -0.1) is 5.54 Å². The second-order valence-corrected chi connectivity index (χ2v) is 9.34. The lowest BCUT2D eigenvalue weighted by molar-refractivity contribution is 0.209. The maximum atomic E-state index is 9.47. The molecule has 0 radical (unpaired) electrons.